The molecule has 2 nitrogen and oxygen atoms in total. The molecular weight excluding hydrogens is 110 g/mol. The molecule has 3 heteroatoms. The Balaban J connectivity index is 2.82. The smallest absolute Gasteiger partial charge is 0.116 e. The Morgan fingerprint density at radius 1 is 1.86 bits per heavy atom. The van der Waals surface area contributed by atoms with Gasteiger partial charge >= 0.3 is 0 Å². The Morgan fingerprint density at radius 3 is 2.57 bits per heavy atom. The van der Waals surface area contributed by atoms with Gasteiger partial charge in [0.05, 0.1) is 4.99 Å². The maximum absolute atomic E-state index is 4.67. The van der Waals surface area contributed by atoms with Crippen LogP contribution in [-0.2, 0) is 4.74 Å². The highest BCUT2D eigenvalue weighted by atomic mass is 32.1. The van der Waals surface area contributed by atoms with Crippen molar-refractivity contribution in [2.24, 2.45) is 0 Å². The highest BCUT2D eigenvalue weighted by molar-refractivity contribution is 7.80. The van der Waals surface area contributed by atoms with Gasteiger partial charge in [0.15, 0.2) is 0 Å². The molecule has 7 heavy (non-hydrogen) atoms. The van der Waals surface area contributed by atoms with Crippen LogP contribution in [0.4, 0.5) is 0 Å². The van der Waals surface area contributed by atoms with E-state index in [1.54, 1.807) is 7.11 Å². The summed E-state index contributed by atoms with van der Waals surface area (Å²) in [5.41, 5.74) is 0. The van der Waals surface area contributed by atoms with E-state index in [-0.39, 0.29) is 0 Å². The number of nitrogens with one attached hydrogen (secondary N) is 1. The van der Waals surface area contributed by atoms with E-state index in [2.05, 4.69) is 22.3 Å². The van der Waals surface area contributed by atoms with Crippen molar-refractivity contribution >= 4 is 17.2 Å². The predicted octanol–water partition coefficient (Wildman–Crippen LogP) is 0.527. The molecule has 0 aromatic rings. The molecule has 0 heterocycles. The first-order chi connectivity index (χ1) is 3.27. The molecule has 0 aromatic heterocycles. The molecule has 0 atom stereocenters. The number of hydrogen-bond acceptors (Lipinski definition) is 2. The SMILES string of the molecule is COCNC(C)=S. The quantitative estimate of drug-likeness (QED) is 0.423. The molecular formula is C4H9NOS. The minimum Gasteiger partial charge on any atom is -0.365 e. The third kappa shape index (κ3) is 5.85. The Labute approximate surface area is 48.9 Å². The van der Waals surface area contributed by atoms with Crippen LogP contribution >= 0.6 is 12.2 Å². The second-order valence-corrected chi connectivity index (χ2v) is 1.78. The van der Waals surface area contributed by atoms with Gasteiger partial charge in [0.2, 0.25) is 0 Å². The van der Waals surface area contributed by atoms with Crippen molar-refractivity contribution in [2.75, 3.05) is 13.8 Å². The molecule has 0 radical (unpaired) electrons. The van der Waals surface area contributed by atoms with Crippen LogP contribution in [0.2, 0.25) is 0 Å². The van der Waals surface area contributed by atoms with E-state index in [0.29, 0.717) is 6.73 Å². The number of methoxy groups -OCH3 is 1. The fraction of sp³-hybridized carbons (Fsp3) is 0.750. The zero-order chi connectivity index (χ0) is 5.70. The zero-order valence-electron chi connectivity index (χ0n) is 4.52. The maximum atomic E-state index is 4.67. The summed E-state index contributed by atoms with van der Waals surface area (Å²) in [7, 11) is 1.62. The average Bonchev–Trinajstić information content (AvgIpc) is 1.61. The topological polar surface area (TPSA) is 21.3 Å². The molecule has 42 valence electrons. The highest BCUT2D eigenvalue weighted by Crippen LogP contribution is 1.64. The number of ether oxygens (including phenoxy) is 1. The third-order valence-electron chi connectivity index (χ3n) is 0.465. The van der Waals surface area contributed by atoms with Crippen LogP contribution in [0.5, 0.6) is 0 Å². The van der Waals surface area contributed by atoms with Crippen molar-refractivity contribution < 1.29 is 4.74 Å². The molecule has 0 amide bonds. The van der Waals surface area contributed by atoms with E-state index in [0.717, 1.165) is 4.99 Å². The second-order valence-electron chi connectivity index (χ2n) is 1.17. The monoisotopic (exact) mass is 119 g/mol. The van der Waals surface area contributed by atoms with E-state index in [1.807, 2.05) is 6.92 Å². The van der Waals surface area contributed by atoms with Gasteiger partial charge in [0.25, 0.3) is 0 Å². The summed E-state index contributed by atoms with van der Waals surface area (Å²) in [6.07, 6.45) is 0. The van der Waals surface area contributed by atoms with Gasteiger partial charge in [-0.1, -0.05) is 12.2 Å². The van der Waals surface area contributed by atoms with Crippen LogP contribution in [0, 0.1) is 0 Å². The first kappa shape index (κ1) is 6.85. The van der Waals surface area contributed by atoms with Gasteiger partial charge in [-0.25, -0.2) is 0 Å². The van der Waals surface area contributed by atoms with Crippen molar-refractivity contribution in [3.63, 3.8) is 0 Å². The Morgan fingerprint density at radius 2 is 2.43 bits per heavy atom. The van der Waals surface area contributed by atoms with Crippen LogP contribution in [0.15, 0.2) is 0 Å². The van der Waals surface area contributed by atoms with Gasteiger partial charge in [-0.05, 0) is 6.92 Å². The summed E-state index contributed by atoms with van der Waals surface area (Å²) in [6.45, 7) is 2.32. The number of hydrogen-bond donors (Lipinski definition) is 1. The molecule has 0 spiro atoms. The lowest BCUT2D eigenvalue weighted by atomic mass is 10.8. The molecule has 0 rings (SSSR count). The van der Waals surface area contributed by atoms with Crippen LogP contribution < -0.4 is 5.32 Å². The molecule has 0 aliphatic heterocycles. The van der Waals surface area contributed by atoms with Crippen LogP contribution in [0.25, 0.3) is 0 Å². The predicted molar refractivity (Wildman–Crippen MR) is 33.3 cm³/mol. The van der Waals surface area contributed by atoms with E-state index in [4.69, 9.17) is 0 Å². The highest BCUT2D eigenvalue weighted by Gasteiger charge is 1.78. The summed E-state index contributed by atoms with van der Waals surface area (Å²) in [6, 6.07) is 0. The lowest BCUT2D eigenvalue weighted by Gasteiger charge is -1.98. The molecule has 0 aromatic carbocycles. The van der Waals surface area contributed by atoms with Crippen LogP contribution in [-0.4, -0.2) is 18.8 Å². The fourth-order valence-electron chi connectivity index (χ4n) is 0.174. The maximum Gasteiger partial charge on any atom is 0.116 e. The number of rotatable bonds is 2. The average molecular weight is 119 g/mol. The van der Waals surface area contributed by atoms with Gasteiger partial charge < -0.3 is 10.1 Å². The van der Waals surface area contributed by atoms with Gasteiger partial charge in [0, 0.05) is 7.11 Å². The standard InChI is InChI=1S/C4H9NOS/c1-4(7)5-3-6-2/h3H2,1-2H3,(H,5,7). The summed E-state index contributed by atoms with van der Waals surface area (Å²) < 4.78 is 4.65. The Hall–Kier alpha value is -0.150. The van der Waals surface area contributed by atoms with E-state index < -0.39 is 0 Å². The second kappa shape index (κ2) is 4.02. The van der Waals surface area contributed by atoms with Crippen molar-refractivity contribution in [1.82, 2.24) is 5.32 Å². The van der Waals surface area contributed by atoms with Crippen LogP contribution in [0.3, 0.4) is 0 Å². The third-order valence-corrected chi connectivity index (χ3v) is 0.610. The Bertz CT molecular complexity index is 64.7. The van der Waals surface area contributed by atoms with Crippen LogP contribution in [0.1, 0.15) is 6.92 Å². The minimum atomic E-state index is 0.509. The molecule has 0 bridgehead atoms. The molecule has 0 saturated heterocycles. The summed E-state index contributed by atoms with van der Waals surface area (Å²) in [4.78, 5) is 0.766. The fourth-order valence-corrected chi connectivity index (χ4v) is 0.233. The normalized spacial score (nSPS) is 8.29. The lowest BCUT2D eigenvalue weighted by molar-refractivity contribution is 0.192. The van der Waals surface area contributed by atoms with E-state index >= 15 is 0 Å². The molecule has 1 N–H and O–H groups in total. The first-order valence-electron chi connectivity index (χ1n) is 2.00. The van der Waals surface area contributed by atoms with Crippen molar-refractivity contribution in [1.29, 1.82) is 0 Å². The lowest BCUT2D eigenvalue weighted by Crippen LogP contribution is -2.20. The van der Waals surface area contributed by atoms with Gasteiger partial charge in [0.1, 0.15) is 6.73 Å². The van der Waals surface area contributed by atoms with Crippen molar-refractivity contribution in [3.05, 3.63) is 0 Å². The van der Waals surface area contributed by atoms with Crippen molar-refractivity contribution in [3.8, 4) is 0 Å². The molecule has 0 saturated carbocycles. The molecule has 0 aliphatic carbocycles. The van der Waals surface area contributed by atoms with Gasteiger partial charge in [-0.15, -0.1) is 0 Å². The summed E-state index contributed by atoms with van der Waals surface area (Å²) in [5, 5.41) is 2.80. The zero-order valence-corrected chi connectivity index (χ0v) is 5.34. The molecule has 0 fully saturated rings. The molecule has 0 aliphatic rings. The number of thiocarbonyl (C=S) groups is 1. The Kier molecular flexibility index (Phi) is 3.93. The summed E-state index contributed by atoms with van der Waals surface area (Å²) in [5.74, 6) is 0. The minimum absolute atomic E-state index is 0.509. The largest absolute Gasteiger partial charge is 0.365 e. The van der Waals surface area contributed by atoms with Gasteiger partial charge in [-0.3, -0.25) is 0 Å². The van der Waals surface area contributed by atoms with E-state index in [1.165, 1.54) is 0 Å². The van der Waals surface area contributed by atoms with Gasteiger partial charge in [-0.2, -0.15) is 0 Å². The van der Waals surface area contributed by atoms with Crippen molar-refractivity contribution in [2.45, 2.75) is 6.92 Å². The van der Waals surface area contributed by atoms with E-state index in [9.17, 15) is 0 Å². The molecule has 0 unspecified atom stereocenters. The summed E-state index contributed by atoms with van der Waals surface area (Å²) >= 11 is 4.67. The first-order valence-corrected chi connectivity index (χ1v) is 2.41.